The predicted molar refractivity (Wildman–Crippen MR) is 56.9 cm³/mol. The molecule has 13 heavy (non-hydrogen) atoms. The van der Waals surface area contributed by atoms with E-state index in [1.807, 2.05) is 27.7 Å². The van der Waals surface area contributed by atoms with E-state index in [0.29, 0.717) is 5.70 Å². The van der Waals surface area contributed by atoms with Gasteiger partial charge in [-0.1, -0.05) is 34.3 Å². The zero-order valence-electron chi connectivity index (χ0n) is 9.22. The molecule has 0 radical (unpaired) electrons. The Morgan fingerprint density at radius 1 is 1.31 bits per heavy atom. The number of hydrogen-bond acceptors (Lipinski definition) is 2. The van der Waals surface area contributed by atoms with Gasteiger partial charge in [-0.15, -0.1) is 0 Å². The minimum absolute atomic E-state index is 0.167. The highest BCUT2D eigenvalue weighted by atomic mass is 16.2. The van der Waals surface area contributed by atoms with Crippen LogP contribution in [0.15, 0.2) is 24.0 Å². The molecule has 0 bridgehead atoms. The Morgan fingerprint density at radius 3 is 1.77 bits per heavy atom. The van der Waals surface area contributed by atoms with Gasteiger partial charge in [-0.25, -0.2) is 0 Å². The van der Waals surface area contributed by atoms with Crippen molar-refractivity contribution in [1.29, 1.82) is 0 Å². The first-order valence-corrected chi connectivity index (χ1v) is 4.57. The summed E-state index contributed by atoms with van der Waals surface area (Å²) in [4.78, 5) is 12.2. The molecule has 1 aliphatic heterocycles. The molecule has 3 heteroatoms. The Kier molecular flexibility index (Phi) is 8.13. The predicted octanol–water partition coefficient (Wildman–Crippen LogP) is 1.87. The van der Waals surface area contributed by atoms with Crippen LogP contribution in [0.25, 0.3) is 0 Å². The van der Waals surface area contributed by atoms with Crippen molar-refractivity contribution in [3.63, 3.8) is 0 Å². The largest absolute Gasteiger partial charge is 0.394 e. The molecule has 1 heterocycles. The van der Waals surface area contributed by atoms with Gasteiger partial charge in [0.05, 0.1) is 5.70 Å². The number of nitrogens with zero attached hydrogens (tertiary/aromatic N) is 1. The fraction of sp³-hybridized carbons (Fsp3) is 0.500. The Balaban J connectivity index is 0. The third kappa shape index (κ3) is 3.78. The molecule has 0 spiro atoms. The number of hydrogen-bond donors (Lipinski definition) is 1. The Morgan fingerprint density at radius 2 is 1.69 bits per heavy atom. The lowest BCUT2D eigenvalue weighted by molar-refractivity contribution is -0.123. The van der Waals surface area contributed by atoms with Crippen LogP contribution in [0.1, 0.15) is 27.7 Å². The van der Waals surface area contributed by atoms with Crippen molar-refractivity contribution in [2.24, 2.45) is 5.73 Å². The van der Waals surface area contributed by atoms with Crippen molar-refractivity contribution >= 4 is 5.91 Å². The van der Waals surface area contributed by atoms with Gasteiger partial charge >= 0.3 is 0 Å². The van der Waals surface area contributed by atoms with E-state index in [9.17, 15) is 4.79 Å². The fourth-order valence-electron chi connectivity index (χ4n) is 0.662. The molecule has 0 aromatic rings. The van der Waals surface area contributed by atoms with Crippen molar-refractivity contribution in [2.75, 3.05) is 7.05 Å². The van der Waals surface area contributed by atoms with E-state index < -0.39 is 0 Å². The van der Waals surface area contributed by atoms with Gasteiger partial charge in [-0.2, -0.15) is 0 Å². The minimum atomic E-state index is -0.167. The Labute approximate surface area is 80.9 Å². The number of carbonyl (C=O) groups is 1. The molecular formula is C10H20N2O. The third-order valence-corrected chi connectivity index (χ3v) is 1.30. The van der Waals surface area contributed by atoms with E-state index >= 15 is 0 Å². The molecule has 0 saturated carbocycles. The summed E-state index contributed by atoms with van der Waals surface area (Å²) in [6.45, 7) is 11.6. The highest BCUT2D eigenvalue weighted by molar-refractivity contribution is 5.97. The van der Waals surface area contributed by atoms with Crippen molar-refractivity contribution in [1.82, 2.24) is 4.90 Å². The van der Waals surface area contributed by atoms with Crippen molar-refractivity contribution in [3.05, 3.63) is 24.0 Å². The highest BCUT2D eigenvalue weighted by Crippen LogP contribution is 2.12. The van der Waals surface area contributed by atoms with E-state index in [-0.39, 0.29) is 11.6 Å². The number of allylic oxidation sites excluding steroid dienone is 1. The summed E-state index contributed by atoms with van der Waals surface area (Å²) in [5.74, 6) is -0.167. The maximum atomic E-state index is 10.8. The van der Waals surface area contributed by atoms with Crippen LogP contribution in [0.4, 0.5) is 0 Å². The monoisotopic (exact) mass is 184 g/mol. The van der Waals surface area contributed by atoms with Crippen LogP contribution >= 0.6 is 0 Å². The van der Waals surface area contributed by atoms with Crippen molar-refractivity contribution in [3.8, 4) is 0 Å². The zero-order valence-corrected chi connectivity index (χ0v) is 9.22. The van der Waals surface area contributed by atoms with Gasteiger partial charge in [-0.3, -0.25) is 4.79 Å². The number of likely N-dealkylation sites (N-methyl/N-ethyl adjacent to an activating group) is 1. The second-order valence-corrected chi connectivity index (χ2v) is 1.96. The van der Waals surface area contributed by atoms with Gasteiger partial charge in [-0.05, 0) is 6.08 Å². The molecule has 76 valence electrons. The Hall–Kier alpha value is -1.25. The number of rotatable bonds is 0. The first kappa shape index (κ1) is 14.3. The first-order chi connectivity index (χ1) is 6.13. The van der Waals surface area contributed by atoms with E-state index in [1.165, 1.54) is 4.90 Å². The SMILES string of the molecule is C=C1C=C(N)C(=O)N1C.CC.CC. The second-order valence-electron chi connectivity index (χ2n) is 1.96. The standard InChI is InChI=1S/C6H8N2O.2C2H6/c1-4-3-5(7)6(9)8(4)2;2*1-2/h3H,1,7H2,2H3;2*1-2H3. The van der Waals surface area contributed by atoms with E-state index in [2.05, 4.69) is 6.58 Å². The lowest BCUT2D eigenvalue weighted by Crippen LogP contribution is -2.22. The van der Waals surface area contributed by atoms with Crippen molar-refractivity contribution in [2.45, 2.75) is 27.7 Å². The molecular weight excluding hydrogens is 164 g/mol. The number of nitrogens with two attached hydrogens (primary N) is 1. The molecule has 0 unspecified atom stereocenters. The van der Waals surface area contributed by atoms with Crippen molar-refractivity contribution < 1.29 is 4.79 Å². The van der Waals surface area contributed by atoms with Gasteiger partial charge in [0.15, 0.2) is 0 Å². The van der Waals surface area contributed by atoms with Gasteiger partial charge in [0.2, 0.25) is 0 Å². The quantitative estimate of drug-likeness (QED) is 0.624. The van der Waals surface area contributed by atoms with Crippen LogP contribution < -0.4 is 5.73 Å². The van der Waals surface area contributed by atoms with Gasteiger partial charge in [0, 0.05) is 12.7 Å². The summed E-state index contributed by atoms with van der Waals surface area (Å²) in [5, 5.41) is 0. The highest BCUT2D eigenvalue weighted by Gasteiger charge is 2.19. The summed E-state index contributed by atoms with van der Waals surface area (Å²) in [6, 6.07) is 0. The summed E-state index contributed by atoms with van der Waals surface area (Å²) in [5.41, 5.74) is 6.18. The molecule has 0 saturated heterocycles. The third-order valence-electron chi connectivity index (χ3n) is 1.30. The fourth-order valence-corrected chi connectivity index (χ4v) is 0.662. The smallest absolute Gasteiger partial charge is 0.273 e. The summed E-state index contributed by atoms with van der Waals surface area (Å²) >= 11 is 0. The molecule has 0 aromatic carbocycles. The van der Waals surface area contributed by atoms with E-state index in [1.54, 1.807) is 13.1 Å². The minimum Gasteiger partial charge on any atom is -0.394 e. The summed E-state index contributed by atoms with van der Waals surface area (Å²) in [6.07, 6.45) is 1.56. The lowest BCUT2D eigenvalue weighted by Gasteiger charge is -2.07. The maximum absolute atomic E-state index is 10.8. The molecule has 0 atom stereocenters. The normalized spacial score (nSPS) is 13.9. The Bertz CT molecular complexity index is 207. The number of carbonyl (C=O) groups excluding carboxylic acids is 1. The summed E-state index contributed by atoms with van der Waals surface area (Å²) < 4.78 is 0. The van der Waals surface area contributed by atoms with Crippen LogP contribution in [0.2, 0.25) is 0 Å². The molecule has 1 aliphatic rings. The van der Waals surface area contributed by atoms with Crippen LogP contribution in [0.5, 0.6) is 0 Å². The molecule has 3 nitrogen and oxygen atoms in total. The van der Waals surface area contributed by atoms with Crippen LogP contribution in [-0.4, -0.2) is 17.9 Å². The van der Waals surface area contributed by atoms with Gasteiger partial charge < -0.3 is 10.6 Å². The van der Waals surface area contributed by atoms with E-state index in [0.717, 1.165) is 0 Å². The second kappa shape index (κ2) is 7.40. The molecule has 1 amide bonds. The van der Waals surface area contributed by atoms with Crippen LogP contribution in [-0.2, 0) is 4.79 Å². The maximum Gasteiger partial charge on any atom is 0.273 e. The van der Waals surface area contributed by atoms with Gasteiger partial charge in [0.25, 0.3) is 5.91 Å². The van der Waals surface area contributed by atoms with Crippen LogP contribution in [0, 0.1) is 0 Å². The molecule has 0 fully saturated rings. The van der Waals surface area contributed by atoms with Gasteiger partial charge in [0.1, 0.15) is 0 Å². The zero-order chi connectivity index (χ0) is 11.0. The molecule has 2 N–H and O–H groups in total. The summed E-state index contributed by atoms with van der Waals surface area (Å²) in [7, 11) is 1.64. The average Bonchev–Trinajstić information content (AvgIpc) is 2.40. The number of amides is 1. The van der Waals surface area contributed by atoms with E-state index in [4.69, 9.17) is 5.73 Å². The van der Waals surface area contributed by atoms with Crippen LogP contribution in [0.3, 0.4) is 0 Å². The molecule has 1 rings (SSSR count). The topological polar surface area (TPSA) is 46.3 Å². The molecule has 0 aliphatic carbocycles. The first-order valence-electron chi connectivity index (χ1n) is 4.57. The average molecular weight is 184 g/mol. The lowest BCUT2D eigenvalue weighted by atomic mass is 10.4. The molecule has 0 aromatic heterocycles.